The molecular formula is C25H34N2O4. The van der Waals surface area contributed by atoms with E-state index in [4.69, 9.17) is 9.47 Å². The molecule has 0 bridgehead atoms. The number of ether oxygens (including phenoxy) is 2. The number of carbonyl (C=O) groups excluding carboxylic acids is 2. The standard InChI is InChI=1S/C25H34N2O4/c1-17(2)15-30-22-12-8-6-10-20(22)24(28)26-14-19(5)27-25(29)21-11-7-9-13-23(21)31-16-18(3)4/h6-13,17-19H,14-16H2,1-5H3,(H,26,28)(H,27,29)/t19-/m1/s1. The van der Waals surface area contributed by atoms with Gasteiger partial charge in [0.1, 0.15) is 11.5 Å². The maximum Gasteiger partial charge on any atom is 0.255 e. The quantitative estimate of drug-likeness (QED) is 0.562. The van der Waals surface area contributed by atoms with Gasteiger partial charge in [0.15, 0.2) is 0 Å². The molecule has 6 heteroatoms. The van der Waals surface area contributed by atoms with Crippen LogP contribution in [0.1, 0.15) is 55.3 Å². The number of carbonyl (C=O) groups is 2. The van der Waals surface area contributed by atoms with E-state index in [2.05, 4.69) is 38.3 Å². The second-order valence-electron chi connectivity index (χ2n) is 8.49. The number of nitrogens with one attached hydrogen (secondary N) is 2. The van der Waals surface area contributed by atoms with Gasteiger partial charge in [-0.15, -0.1) is 0 Å². The highest BCUT2D eigenvalue weighted by atomic mass is 16.5. The third kappa shape index (κ3) is 7.96. The molecule has 0 radical (unpaired) electrons. The van der Waals surface area contributed by atoms with Crippen molar-refractivity contribution in [3.05, 3.63) is 59.7 Å². The summed E-state index contributed by atoms with van der Waals surface area (Å²) < 4.78 is 11.5. The van der Waals surface area contributed by atoms with E-state index in [-0.39, 0.29) is 24.4 Å². The van der Waals surface area contributed by atoms with Crippen LogP contribution < -0.4 is 20.1 Å². The van der Waals surface area contributed by atoms with E-state index in [1.807, 2.05) is 19.1 Å². The molecular weight excluding hydrogens is 392 g/mol. The van der Waals surface area contributed by atoms with E-state index in [1.165, 1.54) is 0 Å². The minimum atomic E-state index is -0.265. The van der Waals surface area contributed by atoms with Crippen LogP contribution in [0.3, 0.4) is 0 Å². The lowest BCUT2D eigenvalue weighted by molar-refractivity contribution is 0.0907. The van der Waals surface area contributed by atoms with E-state index in [9.17, 15) is 9.59 Å². The van der Waals surface area contributed by atoms with Crippen LogP contribution in [-0.2, 0) is 0 Å². The summed E-state index contributed by atoms with van der Waals surface area (Å²) in [4.78, 5) is 25.4. The number of benzene rings is 2. The fourth-order valence-corrected chi connectivity index (χ4v) is 2.77. The average molecular weight is 427 g/mol. The number of hydrogen-bond acceptors (Lipinski definition) is 4. The summed E-state index contributed by atoms with van der Waals surface area (Å²) in [7, 11) is 0. The highest BCUT2D eigenvalue weighted by Crippen LogP contribution is 2.20. The lowest BCUT2D eigenvalue weighted by Gasteiger charge is -2.18. The molecule has 0 spiro atoms. The van der Waals surface area contributed by atoms with Crippen LogP contribution in [0.5, 0.6) is 11.5 Å². The molecule has 0 aliphatic carbocycles. The maximum absolute atomic E-state index is 12.7. The fourth-order valence-electron chi connectivity index (χ4n) is 2.77. The first-order valence-corrected chi connectivity index (χ1v) is 10.8. The molecule has 2 aromatic carbocycles. The molecule has 0 aliphatic heterocycles. The van der Waals surface area contributed by atoms with E-state index < -0.39 is 0 Å². The normalized spacial score (nSPS) is 11.8. The van der Waals surface area contributed by atoms with Crippen LogP contribution in [0.4, 0.5) is 0 Å². The van der Waals surface area contributed by atoms with E-state index in [0.29, 0.717) is 47.7 Å². The van der Waals surface area contributed by atoms with Gasteiger partial charge in [-0.1, -0.05) is 52.0 Å². The monoisotopic (exact) mass is 426 g/mol. The first-order valence-electron chi connectivity index (χ1n) is 10.8. The van der Waals surface area contributed by atoms with Gasteiger partial charge in [-0.3, -0.25) is 9.59 Å². The smallest absolute Gasteiger partial charge is 0.255 e. The Morgan fingerprint density at radius 1 is 0.742 bits per heavy atom. The first kappa shape index (κ1) is 24.3. The number of hydrogen-bond donors (Lipinski definition) is 2. The molecule has 0 saturated carbocycles. The molecule has 2 amide bonds. The largest absolute Gasteiger partial charge is 0.492 e. The predicted octanol–water partition coefficient (Wildman–Crippen LogP) is 4.30. The summed E-state index contributed by atoms with van der Waals surface area (Å²) in [6, 6.07) is 14.1. The van der Waals surface area contributed by atoms with Gasteiger partial charge in [-0.2, -0.15) is 0 Å². The Morgan fingerprint density at radius 3 is 1.68 bits per heavy atom. The van der Waals surface area contributed by atoms with Gasteiger partial charge in [0.2, 0.25) is 0 Å². The molecule has 0 heterocycles. The Bertz CT molecular complexity index is 864. The van der Waals surface area contributed by atoms with Gasteiger partial charge in [-0.05, 0) is 43.0 Å². The van der Waals surface area contributed by atoms with Crippen LogP contribution >= 0.6 is 0 Å². The number of amides is 2. The van der Waals surface area contributed by atoms with E-state index in [0.717, 1.165) is 0 Å². The summed E-state index contributed by atoms with van der Waals surface area (Å²) in [5.41, 5.74) is 0.961. The van der Waals surface area contributed by atoms with Crippen molar-refractivity contribution in [3.8, 4) is 11.5 Å². The van der Waals surface area contributed by atoms with Gasteiger partial charge in [0.25, 0.3) is 11.8 Å². The van der Waals surface area contributed by atoms with Crippen molar-refractivity contribution >= 4 is 11.8 Å². The number of para-hydroxylation sites is 2. The molecule has 2 rings (SSSR count). The molecule has 0 aliphatic rings. The Hall–Kier alpha value is -3.02. The summed E-state index contributed by atoms with van der Waals surface area (Å²) in [5.74, 6) is 1.36. The van der Waals surface area contributed by atoms with Crippen LogP contribution in [0, 0.1) is 11.8 Å². The Morgan fingerprint density at radius 2 is 1.19 bits per heavy atom. The van der Waals surface area contributed by atoms with Crippen molar-refractivity contribution in [2.24, 2.45) is 11.8 Å². The van der Waals surface area contributed by atoms with E-state index in [1.54, 1.807) is 36.4 Å². The van der Waals surface area contributed by atoms with Crippen molar-refractivity contribution in [1.29, 1.82) is 0 Å². The Balaban J connectivity index is 1.93. The predicted molar refractivity (Wildman–Crippen MR) is 123 cm³/mol. The molecule has 1 atom stereocenters. The van der Waals surface area contributed by atoms with Gasteiger partial charge in [-0.25, -0.2) is 0 Å². The van der Waals surface area contributed by atoms with Gasteiger partial charge in [0, 0.05) is 12.6 Å². The Labute approximate surface area is 185 Å². The molecule has 0 saturated heterocycles. The lowest BCUT2D eigenvalue weighted by atomic mass is 10.1. The van der Waals surface area contributed by atoms with Gasteiger partial charge < -0.3 is 20.1 Å². The lowest BCUT2D eigenvalue weighted by Crippen LogP contribution is -2.42. The van der Waals surface area contributed by atoms with Gasteiger partial charge >= 0.3 is 0 Å². The summed E-state index contributed by atoms with van der Waals surface area (Å²) in [6.07, 6.45) is 0. The third-order valence-corrected chi connectivity index (χ3v) is 4.35. The zero-order chi connectivity index (χ0) is 22.8. The third-order valence-electron chi connectivity index (χ3n) is 4.35. The van der Waals surface area contributed by atoms with Crippen molar-refractivity contribution in [1.82, 2.24) is 10.6 Å². The minimum Gasteiger partial charge on any atom is -0.492 e. The molecule has 0 fully saturated rings. The van der Waals surface area contributed by atoms with Crippen LogP contribution in [0.25, 0.3) is 0 Å². The van der Waals surface area contributed by atoms with Crippen LogP contribution in [0.2, 0.25) is 0 Å². The highest BCUT2D eigenvalue weighted by molar-refractivity contribution is 5.98. The fraction of sp³-hybridized carbons (Fsp3) is 0.440. The molecule has 6 nitrogen and oxygen atoms in total. The summed E-state index contributed by atoms with van der Waals surface area (Å²) in [6.45, 7) is 11.4. The zero-order valence-electron chi connectivity index (χ0n) is 19.1. The zero-order valence-corrected chi connectivity index (χ0v) is 19.1. The topological polar surface area (TPSA) is 76.7 Å². The molecule has 31 heavy (non-hydrogen) atoms. The van der Waals surface area contributed by atoms with Crippen molar-refractivity contribution in [3.63, 3.8) is 0 Å². The molecule has 168 valence electrons. The van der Waals surface area contributed by atoms with Crippen molar-refractivity contribution < 1.29 is 19.1 Å². The van der Waals surface area contributed by atoms with Crippen molar-refractivity contribution in [2.45, 2.75) is 40.7 Å². The van der Waals surface area contributed by atoms with Gasteiger partial charge in [0.05, 0.1) is 24.3 Å². The van der Waals surface area contributed by atoms with Crippen LogP contribution in [0.15, 0.2) is 48.5 Å². The van der Waals surface area contributed by atoms with E-state index >= 15 is 0 Å². The maximum atomic E-state index is 12.7. The summed E-state index contributed by atoms with van der Waals surface area (Å²) >= 11 is 0. The Kier molecular flexibility index (Phi) is 9.38. The molecule has 2 aromatic rings. The van der Waals surface area contributed by atoms with Crippen LogP contribution in [-0.4, -0.2) is 37.6 Å². The highest BCUT2D eigenvalue weighted by Gasteiger charge is 2.17. The number of rotatable bonds is 11. The van der Waals surface area contributed by atoms with Crippen molar-refractivity contribution in [2.75, 3.05) is 19.8 Å². The second kappa shape index (κ2) is 12.0. The molecule has 2 N–H and O–H groups in total. The first-order chi connectivity index (χ1) is 14.8. The summed E-state index contributed by atoms with van der Waals surface area (Å²) in [5, 5.41) is 5.79. The average Bonchev–Trinajstić information content (AvgIpc) is 2.74. The molecule has 0 aromatic heterocycles. The SMILES string of the molecule is CC(C)COc1ccccc1C(=O)NC[C@@H](C)NC(=O)c1ccccc1OCC(C)C. The minimum absolute atomic E-state index is 0.234. The molecule has 0 unspecified atom stereocenters. The second-order valence-corrected chi connectivity index (χ2v) is 8.49.